The minimum absolute atomic E-state index is 0.0632. The summed E-state index contributed by atoms with van der Waals surface area (Å²) in [6, 6.07) is 4.87. The molecule has 2 N–H and O–H groups in total. The van der Waals surface area contributed by atoms with Crippen molar-refractivity contribution < 1.29 is 10.2 Å². The van der Waals surface area contributed by atoms with Crippen molar-refractivity contribution in [2.75, 3.05) is 0 Å². The van der Waals surface area contributed by atoms with Crippen LogP contribution in [-0.4, -0.2) is 10.2 Å². The van der Waals surface area contributed by atoms with E-state index in [2.05, 4.69) is 20.1 Å². The summed E-state index contributed by atoms with van der Waals surface area (Å²) in [7, 11) is 0. The molecule has 1 aromatic carbocycles. The maximum Gasteiger partial charge on any atom is 0.116 e. The van der Waals surface area contributed by atoms with Crippen molar-refractivity contribution in [3.05, 3.63) is 53.5 Å². The molecule has 0 unspecified atom stereocenters. The Morgan fingerprint density at radius 3 is 2.39 bits per heavy atom. The molecule has 1 aromatic rings. The van der Waals surface area contributed by atoms with Gasteiger partial charge in [-0.2, -0.15) is 0 Å². The topological polar surface area (TPSA) is 40.5 Å². The van der Waals surface area contributed by atoms with Crippen LogP contribution in [-0.2, 0) is 0 Å². The Bertz CT molecular complexity index is 501. The van der Waals surface area contributed by atoms with Gasteiger partial charge in [0.2, 0.25) is 0 Å². The Kier molecular flexibility index (Phi) is 5.10. The number of aliphatic hydroxyl groups is 1. The van der Waals surface area contributed by atoms with Gasteiger partial charge in [0, 0.05) is 10.5 Å². The minimum Gasteiger partial charge on any atom is -0.508 e. The summed E-state index contributed by atoms with van der Waals surface area (Å²) in [6.45, 7) is 11.5. The van der Waals surface area contributed by atoms with Gasteiger partial charge in [-0.1, -0.05) is 37.9 Å². The van der Waals surface area contributed by atoms with Crippen LogP contribution in [0.1, 0.15) is 31.4 Å². The molecule has 0 aromatic heterocycles. The largest absolute Gasteiger partial charge is 0.508 e. The zero-order valence-electron chi connectivity index (χ0n) is 10.7. The molecule has 0 heterocycles. The molecule has 0 saturated heterocycles. The first-order valence-electron chi connectivity index (χ1n) is 5.72. The number of rotatable bonds is 5. The van der Waals surface area contributed by atoms with Gasteiger partial charge in [0.25, 0.3) is 0 Å². The zero-order valence-corrected chi connectivity index (χ0v) is 11.5. The van der Waals surface area contributed by atoms with Gasteiger partial charge in [-0.05, 0) is 42.0 Å². The van der Waals surface area contributed by atoms with E-state index in [0.717, 1.165) is 16.9 Å². The minimum atomic E-state index is -0.0632. The monoisotopic (exact) mass is 262 g/mol. The highest BCUT2D eigenvalue weighted by Gasteiger charge is 2.07. The average Bonchev–Trinajstić information content (AvgIpc) is 2.34. The summed E-state index contributed by atoms with van der Waals surface area (Å²) in [5.41, 5.74) is 1.29. The molecular weight excluding hydrogens is 244 g/mol. The highest BCUT2D eigenvalue weighted by molar-refractivity contribution is 8.11. The van der Waals surface area contributed by atoms with Crippen LogP contribution in [0.5, 0.6) is 5.75 Å². The third kappa shape index (κ3) is 3.70. The van der Waals surface area contributed by atoms with Crippen LogP contribution in [0.4, 0.5) is 0 Å². The van der Waals surface area contributed by atoms with Crippen LogP contribution in [0.3, 0.4) is 0 Å². The standard InChI is InChI=1S/C15H18O2S/c1-5-15(6-2)18-11(4)13-7-12(10(3)16)8-14(17)9-13/h5,7-9,16-17H,3-4,6H2,1-2H3/b15-5-. The van der Waals surface area contributed by atoms with Crippen LogP contribution in [0.25, 0.3) is 10.7 Å². The number of aromatic hydroxyl groups is 1. The number of thioether (sulfide) groups is 1. The zero-order chi connectivity index (χ0) is 13.7. The smallest absolute Gasteiger partial charge is 0.116 e. The molecule has 0 saturated carbocycles. The van der Waals surface area contributed by atoms with Crippen LogP contribution >= 0.6 is 11.8 Å². The van der Waals surface area contributed by atoms with E-state index in [1.807, 2.05) is 13.0 Å². The number of hydrogen-bond donors (Lipinski definition) is 2. The first kappa shape index (κ1) is 14.5. The van der Waals surface area contributed by atoms with Crippen molar-refractivity contribution in [1.82, 2.24) is 0 Å². The van der Waals surface area contributed by atoms with Crippen LogP contribution in [0, 0.1) is 0 Å². The SMILES string of the molecule is C=C(O)c1cc(O)cc(C(=C)S/C(=C\C)CC)c1. The molecule has 96 valence electrons. The van der Waals surface area contributed by atoms with Crippen molar-refractivity contribution in [1.29, 1.82) is 0 Å². The second-order valence-electron chi connectivity index (χ2n) is 3.85. The molecule has 2 nitrogen and oxygen atoms in total. The first-order valence-corrected chi connectivity index (χ1v) is 6.54. The average molecular weight is 262 g/mol. The van der Waals surface area contributed by atoms with Crippen molar-refractivity contribution in [3.8, 4) is 5.75 Å². The first-order chi connectivity index (χ1) is 8.47. The highest BCUT2D eigenvalue weighted by atomic mass is 32.2. The molecule has 0 amide bonds. The third-order valence-corrected chi connectivity index (χ3v) is 3.77. The summed E-state index contributed by atoms with van der Waals surface area (Å²) in [4.78, 5) is 2.05. The molecule has 3 heteroatoms. The molecule has 1 rings (SSSR count). The van der Waals surface area contributed by atoms with Crippen molar-refractivity contribution in [2.45, 2.75) is 20.3 Å². The number of allylic oxidation sites excluding steroid dienone is 2. The molecule has 0 radical (unpaired) electrons. The van der Waals surface area contributed by atoms with E-state index >= 15 is 0 Å². The van der Waals surface area contributed by atoms with E-state index in [0.29, 0.717) is 5.56 Å². The fourth-order valence-electron chi connectivity index (χ4n) is 1.49. The summed E-state index contributed by atoms with van der Waals surface area (Å²) >= 11 is 1.57. The molecule has 0 aliphatic rings. The Balaban J connectivity index is 3.02. The summed E-state index contributed by atoms with van der Waals surface area (Å²) in [6.07, 6.45) is 2.99. The van der Waals surface area contributed by atoms with Crippen molar-refractivity contribution in [2.24, 2.45) is 0 Å². The maximum atomic E-state index is 9.62. The van der Waals surface area contributed by atoms with Gasteiger partial charge in [0.05, 0.1) is 0 Å². The van der Waals surface area contributed by atoms with E-state index in [9.17, 15) is 10.2 Å². The summed E-state index contributed by atoms with van der Waals surface area (Å²) < 4.78 is 0. The van der Waals surface area contributed by atoms with E-state index in [-0.39, 0.29) is 11.5 Å². The Morgan fingerprint density at radius 1 is 1.28 bits per heavy atom. The molecular formula is C15H18O2S. The molecule has 0 bridgehead atoms. The van der Waals surface area contributed by atoms with E-state index in [1.165, 1.54) is 11.0 Å². The van der Waals surface area contributed by atoms with E-state index in [1.54, 1.807) is 23.9 Å². The maximum absolute atomic E-state index is 9.62. The van der Waals surface area contributed by atoms with E-state index < -0.39 is 0 Å². The lowest BCUT2D eigenvalue weighted by Crippen LogP contribution is -1.86. The predicted octanol–water partition coefficient (Wildman–Crippen LogP) is 4.94. The van der Waals surface area contributed by atoms with Crippen molar-refractivity contribution >= 4 is 22.4 Å². The fraction of sp³-hybridized carbons (Fsp3) is 0.200. The molecule has 0 spiro atoms. The Morgan fingerprint density at radius 2 is 1.89 bits per heavy atom. The summed E-state index contributed by atoms with van der Waals surface area (Å²) in [5, 5.41) is 19.0. The molecule has 0 aliphatic carbocycles. The van der Waals surface area contributed by atoms with Gasteiger partial charge in [-0.3, -0.25) is 0 Å². The van der Waals surface area contributed by atoms with Gasteiger partial charge >= 0.3 is 0 Å². The number of aliphatic hydroxyl groups excluding tert-OH is 1. The quantitative estimate of drug-likeness (QED) is 0.738. The van der Waals surface area contributed by atoms with E-state index in [4.69, 9.17) is 0 Å². The van der Waals surface area contributed by atoms with Gasteiger partial charge in [0.15, 0.2) is 0 Å². The molecule has 0 aliphatic heterocycles. The number of benzene rings is 1. The molecule has 18 heavy (non-hydrogen) atoms. The molecule has 0 fully saturated rings. The van der Waals surface area contributed by atoms with Gasteiger partial charge in [0.1, 0.15) is 11.5 Å². The summed E-state index contributed by atoms with van der Waals surface area (Å²) in [5.74, 6) is 0.0321. The fourth-order valence-corrected chi connectivity index (χ4v) is 2.31. The third-order valence-electron chi connectivity index (χ3n) is 2.50. The van der Waals surface area contributed by atoms with Crippen molar-refractivity contribution in [3.63, 3.8) is 0 Å². The second-order valence-corrected chi connectivity index (χ2v) is 5.07. The predicted molar refractivity (Wildman–Crippen MR) is 80.4 cm³/mol. The Labute approximate surface area is 112 Å². The normalized spacial score (nSPS) is 11.3. The van der Waals surface area contributed by atoms with Crippen LogP contribution < -0.4 is 0 Å². The lowest BCUT2D eigenvalue weighted by molar-refractivity contribution is 0.472. The van der Waals surface area contributed by atoms with Crippen LogP contribution in [0.15, 0.2) is 42.3 Å². The number of phenols is 1. The van der Waals surface area contributed by atoms with Gasteiger partial charge < -0.3 is 10.2 Å². The number of hydrogen-bond acceptors (Lipinski definition) is 3. The lowest BCUT2D eigenvalue weighted by Gasteiger charge is -2.10. The van der Waals surface area contributed by atoms with Gasteiger partial charge in [-0.15, -0.1) is 0 Å². The number of phenolic OH excluding ortho intramolecular Hbond substituents is 1. The molecule has 0 atom stereocenters. The highest BCUT2D eigenvalue weighted by Crippen LogP contribution is 2.35. The van der Waals surface area contributed by atoms with Gasteiger partial charge in [-0.25, -0.2) is 0 Å². The lowest BCUT2D eigenvalue weighted by atomic mass is 10.1. The van der Waals surface area contributed by atoms with Crippen LogP contribution in [0.2, 0.25) is 0 Å². The second kappa shape index (κ2) is 6.36. The Hall–Kier alpha value is -1.61.